The Morgan fingerprint density at radius 3 is 2.41 bits per heavy atom. The molecule has 5 heteroatoms. The minimum atomic E-state index is -0.320. The zero-order valence-electron chi connectivity index (χ0n) is 10.8. The lowest BCUT2D eigenvalue weighted by Crippen LogP contribution is -2.35. The fraction of sp³-hybridized carbons (Fsp3) is 0.667. The first-order valence-electron chi connectivity index (χ1n) is 6.17. The Kier molecular flexibility index (Phi) is 5.15. The number of aromatic amines is 1. The lowest BCUT2D eigenvalue weighted by molar-refractivity contribution is 0.288. The second kappa shape index (κ2) is 6.39. The third-order valence-electron chi connectivity index (χ3n) is 3.02. The molecule has 1 aromatic rings. The van der Waals surface area contributed by atoms with Gasteiger partial charge in [-0.1, -0.05) is 20.8 Å². The number of aryl methyl sites for hydroxylation is 1. The van der Waals surface area contributed by atoms with Crippen LogP contribution in [0.15, 0.2) is 15.8 Å². The van der Waals surface area contributed by atoms with E-state index in [0.717, 1.165) is 19.6 Å². The fourth-order valence-corrected chi connectivity index (χ4v) is 1.76. The summed E-state index contributed by atoms with van der Waals surface area (Å²) in [5, 5.41) is 0. The van der Waals surface area contributed by atoms with Gasteiger partial charge in [-0.05, 0) is 19.5 Å². The van der Waals surface area contributed by atoms with Gasteiger partial charge >= 0.3 is 5.69 Å². The number of hydrogen-bond donors (Lipinski definition) is 1. The van der Waals surface area contributed by atoms with E-state index in [2.05, 4.69) is 23.7 Å². The minimum absolute atomic E-state index is 0.267. The second-order valence-electron chi connectivity index (χ2n) is 3.99. The van der Waals surface area contributed by atoms with Crippen molar-refractivity contribution in [2.24, 2.45) is 0 Å². The van der Waals surface area contributed by atoms with E-state index >= 15 is 0 Å². The zero-order valence-corrected chi connectivity index (χ0v) is 10.8. The van der Waals surface area contributed by atoms with Crippen molar-refractivity contribution in [1.82, 2.24) is 14.5 Å². The number of nitrogens with one attached hydrogen (secondary N) is 1. The molecular weight excluding hydrogens is 218 g/mol. The molecule has 17 heavy (non-hydrogen) atoms. The van der Waals surface area contributed by atoms with Crippen LogP contribution in [-0.4, -0.2) is 34.1 Å². The van der Waals surface area contributed by atoms with Crippen LogP contribution in [0.25, 0.3) is 0 Å². The second-order valence-corrected chi connectivity index (χ2v) is 3.99. The van der Waals surface area contributed by atoms with Crippen LogP contribution in [0, 0.1) is 0 Å². The van der Waals surface area contributed by atoms with Crippen molar-refractivity contribution in [2.75, 3.05) is 19.6 Å². The molecule has 1 rings (SSSR count). The lowest BCUT2D eigenvalue weighted by Gasteiger charge is -2.18. The Labute approximate surface area is 101 Å². The summed E-state index contributed by atoms with van der Waals surface area (Å²) in [6.45, 7) is 9.47. The summed E-state index contributed by atoms with van der Waals surface area (Å²) in [5.74, 6) is 0. The van der Waals surface area contributed by atoms with Crippen molar-refractivity contribution in [2.45, 2.75) is 33.7 Å². The van der Waals surface area contributed by atoms with Crippen LogP contribution < -0.4 is 11.2 Å². The number of aromatic nitrogens is 2. The summed E-state index contributed by atoms with van der Waals surface area (Å²) >= 11 is 0. The van der Waals surface area contributed by atoms with Gasteiger partial charge < -0.3 is 4.90 Å². The first-order valence-corrected chi connectivity index (χ1v) is 6.17. The van der Waals surface area contributed by atoms with Gasteiger partial charge in [0.15, 0.2) is 0 Å². The SMILES string of the molecule is CCc1cn(CCN(CC)CC)c(=O)[nH]c1=O. The maximum Gasteiger partial charge on any atom is 0.328 e. The normalized spacial score (nSPS) is 11.1. The van der Waals surface area contributed by atoms with Crippen LogP contribution in [-0.2, 0) is 13.0 Å². The zero-order chi connectivity index (χ0) is 12.8. The monoisotopic (exact) mass is 239 g/mol. The van der Waals surface area contributed by atoms with Crippen LogP contribution in [0.5, 0.6) is 0 Å². The molecule has 0 aliphatic heterocycles. The van der Waals surface area contributed by atoms with Gasteiger partial charge in [0.1, 0.15) is 0 Å². The highest BCUT2D eigenvalue weighted by Gasteiger charge is 2.04. The maximum atomic E-state index is 11.6. The van der Waals surface area contributed by atoms with Gasteiger partial charge in [0.05, 0.1) is 0 Å². The molecule has 0 saturated carbocycles. The van der Waals surface area contributed by atoms with E-state index in [1.54, 1.807) is 10.8 Å². The molecule has 1 aromatic heterocycles. The Morgan fingerprint density at radius 2 is 1.88 bits per heavy atom. The number of rotatable bonds is 6. The van der Waals surface area contributed by atoms with Crippen LogP contribution in [0.4, 0.5) is 0 Å². The van der Waals surface area contributed by atoms with E-state index < -0.39 is 0 Å². The average Bonchev–Trinajstić information content (AvgIpc) is 2.32. The summed E-state index contributed by atoms with van der Waals surface area (Å²) in [6.07, 6.45) is 2.31. The number of likely N-dealkylation sites (N-methyl/N-ethyl adjacent to an activating group) is 1. The standard InChI is InChI=1S/C12H21N3O2/c1-4-10-9-15(12(17)13-11(10)16)8-7-14(5-2)6-3/h9H,4-8H2,1-3H3,(H,13,16,17). The summed E-state index contributed by atoms with van der Waals surface area (Å²) in [7, 11) is 0. The van der Waals surface area contributed by atoms with Crippen LogP contribution in [0.1, 0.15) is 26.3 Å². The van der Waals surface area contributed by atoms with E-state index in [9.17, 15) is 9.59 Å². The molecule has 0 spiro atoms. The van der Waals surface area contributed by atoms with Crippen molar-refractivity contribution >= 4 is 0 Å². The highest BCUT2D eigenvalue weighted by molar-refractivity contribution is 5.03. The molecular formula is C12H21N3O2. The highest BCUT2D eigenvalue weighted by Crippen LogP contribution is 1.92. The van der Waals surface area contributed by atoms with Crippen LogP contribution in [0.3, 0.4) is 0 Å². The summed E-state index contributed by atoms with van der Waals surface area (Å²) in [4.78, 5) is 27.6. The number of H-pyrrole nitrogens is 1. The topological polar surface area (TPSA) is 58.1 Å². The van der Waals surface area contributed by atoms with Gasteiger partial charge in [-0.25, -0.2) is 4.79 Å². The Morgan fingerprint density at radius 1 is 1.24 bits per heavy atom. The predicted molar refractivity (Wildman–Crippen MR) is 68.5 cm³/mol. The summed E-state index contributed by atoms with van der Waals surface area (Å²) in [5.41, 5.74) is 0.0695. The maximum absolute atomic E-state index is 11.6. The molecule has 0 saturated heterocycles. The van der Waals surface area contributed by atoms with E-state index in [-0.39, 0.29) is 11.2 Å². The average molecular weight is 239 g/mol. The molecule has 0 atom stereocenters. The molecule has 5 nitrogen and oxygen atoms in total. The molecule has 0 bridgehead atoms. The fourth-order valence-electron chi connectivity index (χ4n) is 1.76. The smallest absolute Gasteiger partial charge is 0.302 e. The van der Waals surface area contributed by atoms with E-state index in [4.69, 9.17) is 0 Å². The van der Waals surface area contributed by atoms with Crippen molar-refractivity contribution in [3.63, 3.8) is 0 Å². The quantitative estimate of drug-likeness (QED) is 0.783. The van der Waals surface area contributed by atoms with Gasteiger partial charge in [0.2, 0.25) is 0 Å². The number of hydrogen-bond acceptors (Lipinski definition) is 3. The molecule has 0 aromatic carbocycles. The summed E-state index contributed by atoms with van der Waals surface area (Å²) in [6, 6.07) is 0. The largest absolute Gasteiger partial charge is 0.328 e. The highest BCUT2D eigenvalue weighted by atomic mass is 16.2. The van der Waals surface area contributed by atoms with Gasteiger partial charge in [0.25, 0.3) is 5.56 Å². The molecule has 1 N–H and O–H groups in total. The molecule has 0 aliphatic rings. The van der Waals surface area contributed by atoms with Crippen molar-refractivity contribution in [3.8, 4) is 0 Å². The molecule has 0 aliphatic carbocycles. The molecule has 0 radical (unpaired) electrons. The van der Waals surface area contributed by atoms with Gasteiger partial charge in [-0.2, -0.15) is 0 Å². The third-order valence-corrected chi connectivity index (χ3v) is 3.02. The molecule has 1 heterocycles. The first-order chi connectivity index (χ1) is 8.12. The van der Waals surface area contributed by atoms with Crippen LogP contribution >= 0.6 is 0 Å². The van der Waals surface area contributed by atoms with Crippen molar-refractivity contribution in [3.05, 3.63) is 32.6 Å². The Hall–Kier alpha value is -1.36. The number of nitrogens with zero attached hydrogens (tertiary/aromatic N) is 2. The van der Waals surface area contributed by atoms with E-state index in [1.165, 1.54) is 0 Å². The van der Waals surface area contributed by atoms with Crippen molar-refractivity contribution < 1.29 is 0 Å². The molecule has 0 amide bonds. The van der Waals surface area contributed by atoms with Gasteiger partial charge in [0, 0.05) is 24.8 Å². The van der Waals surface area contributed by atoms with Crippen LogP contribution in [0.2, 0.25) is 0 Å². The Bertz CT molecular complexity index is 458. The molecule has 0 fully saturated rings. The van der Waals surface area contributed by atoms with Gasteiger partial charge in [-0.15, -0.1) is 0 Å². The Balaban J connectivity index is 2.84. The first kappa shape index (κ1) is 13.7. The molecule has 0 unspecified atom stereocenters. The predicted octanol–water partition coefficient (Wildman–Crippen LogP) is 0.441. The van der Waals surface area contributed by atoms with Gasteiger partial charge in [-0.3, -0.25) is 14.3 Å². The summed E-state index contributed by atoms with van der Waals surface area (Å²) < 4.78 is 1.58. The lowest BCUT2D eigenvalue weighted by atomic mass is 10.2. The van der Waals surface area contributed by atoms with Crippen molar-refractivity contribution in [1.29, 1.82) is 0 Å². The minimum Gasteiger partial charge on any atom is -0.302 e. The third kappa shape index (κ3) is 3.56. The molecule has 96 valence electrons. The van der Waals surface area contributed by atoms with E-state index in [1.807, 2.05) is 6.92 Å². The van der Waals surface area contributed by atoms with E-state index in [0.29, 0.717) is 18.5 Å².